The minimum Gasteiger partial charge on any atom is -0.316 e. The first kappa shape index (κ1) is 13.1. The Morgan fingerprint density at radius 1 is 1.24 bits per heavy atom. The van der Waals surface area contributed by atoms with Gasteiger partial charge >= 0.3 is 6.18 Å². The molecule has 0 spiro atoms. The molecular formula is C12H21F3N2. The number of nitrogens with zero attached hydrogens (tertiary/aromatic N) is 1. The second-order valence-corrected chi connectivity index (χ2v) is 5.49. The summed E-state index contributed by atoms with van der Waals surface area (Å²) in [5.74, 6) is 1.44. The summed E-state index contributed by atoms with van der Waals surface area (Å²) in [4.78, 5) is 2.37. The third kappa shape index (κ3) is 3.58. The lowest BCUT2D eigenvalue weighted by Crippen LogP contribution is -2.33. The molecule has 0 aliphatic carbocycles. The number of rotatable bonds is 4. The third-order valence-electron chi connectivity index (χ3n) is 4.12. The van der Waals surface area contributed by atoms with Crippen LogP contribution in [0.3, 0.4) is 0 Å². The molecule has 2 saturated heterocycles. The Bertz CT molecular complexity index is 243. The third-order valence-corrected chi connectivity index (χ3v) is 4.12. The van der Waals surface area contributed by atoms with Gasteiger partial charge in [0.1, 0.15) is 0 Å². The lowest BCUT2D eigenvalue weighted by atomic mass is 10.0. The van der Waals surface area contributed by atoms with E-state index in [4.69, 9.17) is 0 Å². The van der Waals surface area contributed by atoms with Crippen molar-refractivity contribution in [3.05, 3.63) is 0 Å². The van der Waals surface area contributed by atoms with Crippen molar-refractivity contribution in [1.29, 1.82) is 0 Å². The first-order valence-electron chi connectivity index (χ1n) is 6.47. The Balaban J connectivity index is 1.69. The fourth-order valence-electron chi connectivity index (χ4n) is 3.03. The van der Waals surface area contributed by atoms with Crippen LogP contribution >= 0.6 is 0 Å². The van der Waals surface area contributed by atoms with E-state index in [9.17, 15) is 13.2 Å². The Hall–Kier alpha value is -0.290. The molecule has 2 fully saturated rings. The van der Waals surface area contributed by atoms with Crippen molar-refractivity contribution in [2.24, 2.45) is 11.8 Å². The van der Waals surface area contributed by atoms with Gasteiger partial charge in [-0.2, -0.15) is 13.2 Å². The zero-order valence-electron chi connectivity index (χ0n) is 10.3. The molecule has 2 nitrogen and oxygen atoms in total. The summed E-state index contributed by atoms with van der Waals surface area (Å²) in [6.07, 6.45) is -3.72. The van der Waals surface area contributed by atoms with Crippen molar-refractivity contribution in [3.63, 3.8) is 0 Å². The van der Waals surface area contributed by atoms with E-state index in [0.29, 0.717) is 12.5 Å². The molecule has 2 aliphatic rings. The molecule has 1 N–H and O–H groups in total. The molecule has 0 radical (unpaired) electrons. The molecule has 0 aromatic rings. The molecule has 17 heavy (non-hydrogen) atoms. The van der Waals surface area contributed by atoms with E-state index in [2.05, 4.69) is 17.1 Å². The number of likely N-dealkylation sites (tertiary alicyclic amines) is 1. The number of hydrogen-bond acceptors (Lipinski definition) is 2. The second kappa shape index (κ2) is 5.14. The van der Waals surface area contributed by atoms with Crippen LogP contribution < -0.4 is 5.32 Å². The molecule has 2 rings (SSSR count). The van der Waals surface area contributed by atoms with Gasteiger partial charge in [-0.3, -0.25) is 4.90 Å². The molecule has 1 unspecified atom stereocenters. The summed E-state index contributed by atoms with van der Waals surface area (Å²) in [5, 5.41) is 3.37. The lowest BCUT2D eigenvalue weighted by molar-refractivity contribution is -0.136. The maximum atomic E-state index is 12.0. The Morgan fingerprint density at radius 3 is 2.35 bits per heavy atom. The molecule has 0 amide bonds. The van der Waals surface area contributed by atoms with Crippen molar-refractivity contribution < 1.29 is 13.2 Å². The second-order valence-electron chi connectivity index (χ2n) is 5.49. The first-order chi connectivity index (χ1) is 7.96. The summed E-state index contributed by atoms with van der Waals surface area (Å²) in [6.45, 7) is 6.34. The van der Waals surface area contributed by atoms with Crippen molar-refractivity contribution in [2.75, 3.05) is 26.2 Å². The van der Waals surface area contributed by atoms with Gasteiger partial charge in [0.05, 0.1) is 0 Å². The van der Waals surface area contributed by atoms with Crippen LogP contribution in [-0.2, 0) is 0 Å². The Labute approximate surface area is 101 Å². The van der Waals surface area contributed by atoms with Crippen LogP contribution in [0.1, 0.15) is 26.2 Å². The lowest BCUT2D eigenvalue weighted by Gasteiger charge is -2.25. The quantitative estimate of drug-likeness (QED) is 0.823. The highest BCUT2D eigenvalue weighted by Gasteiger charge is 2.37. The van der Waals surface area contributed by atoms with Crippen molar-refractivity contribution in [3.8, 4) is 0 Å². The van der Waals surface area contributed by atoms with Crippen molar-refractivity contribution in [1.82, 2.24) is 10.2 Å². The maximum Gasteiger partial charge on any atom is 0.389 e. The Kier molecular flexibility index (Phi) is 3.98. The van der Waals surface area contributed by atoms with Crippen molar-refractivity contribution >= 4 is 0 Å². The van der Waals surface area contributed by atoms with Gasteiger partial charge < -0.3 is 5.32 Å². The number of alkyl halides is 3. The molecule has 0 aromatic carbocycles. The fraction of sp³-hybridized carbons (Fsp3) is 1.00. The van der Waals surface area contributed by atoms with Gasteiger partial charge in [0.2, 0.25) is 0 Å². The highest BCUT2D eigenvalue weighted by molar-refractivity contribution is 4.92. The summed E-state index contributed by atoms with van der Waals surface area (Å²) >= 11 is 0. The molecule has 0 bridgehead atoms. The predicted octanol–water partition coefficient (Wildman–Crippen LogP) is 2.26. The van der Waals surface area contributed by atoms with Crippen LogP contribution in [0.15, 0.2) is 0 Å². The van der Waals surface area contributed by atoms with E-state index in [-0.39, 0.29) is 6.42 Å². The van der Waals surface area contributed by atoms with Crippen LogP contribution in [-0.4, -0.2) is 43.3 Å². The molecule has 0 saturated carbocycles. The molecule has 100 valence electrons. The van der Waals surface area contributed by atoms with Gasteiger partial charge in [0.25, 0.3) is 0 Å². The highest BCUT2D eigenvalue weighted by atomic mass is 19.4. The SMILES string of the molecule is CC(CCCC(F)(F)F)N1C[C@H]2CNC[C@H]2C1. The van der Waals surface area contributed by atoms with Gasteiger partial charge in [-0.1, -0.05) is 0 Å². The van der Waals surface area contributed by atoms with Crippen LogP contribution in [0.4, 0.5) is 13.2 Å². The monoisotopic (exact) mass is 250 g/mol. The highest BCUT2D eigenvalue weighted by Crippen LogP contribution is 2.29. The van der Waals surface area contributed by atoms with E-state index < -0.39 is 12.6 Å². The van der Waals surface area contributed by atoms with E-state index in [1.54, 1.807) is 0 Å². The molecule has 0 aromatic heterocycles. The van der Waals surface area contributed by atoms with Gasteiger partial charge in [-0.15, -0.1) is 0 Å². The standard InChI is InChI=1S/C12H21F3N2/c1-9(3-2-4-12(13,14)15)17-7-10-5-16-6-11(10)8-17/h9-11,16H,2-8H2,1H3/t9?,10-,11+. The van der Waals surface area contributed by atoms with Gasteiger partial charge in [0, 0.05) is 25.6 Å². The fourth-order valence-corrected chi connectivity index (χ4v) is 3.03. The van der Waals surface area contributed by atoms with Gasteiger partial charge in [-0.25, -0.2) is 0 Å². The van der Waals surface area contributed by atoms with E-state index in [0.717, 1.165) is 38.0 Å². The zero-order chi connectivity index (χ0) is 12.5. The largest absolute Gasteiger partial charge is 0.389 e. The van der Waals surface area contributed by atoms with Crippen LogP contribution in [0, 0.1) is 11.8 Å². The molecule has 2 aliphatic heterocycles. The molecule has 5 heteroatoms. The van der Waals surface area contributed by atoms with Crippen molar-refractivity contribution in [2.45, 2.75) is 38.4 Å². The summed E-state index contributed by atoms with van der Waals surface area (Å²) in [6, 6.07) is 0.294. The Morgan fingerprint density at radius 2 is 1.82 bits per heavy atom. The van der Waals surface area contributed by atoms with Crippen LogP contribution in [0.25, 0.3) is 0 Å². The number of hydrogen-bond donors (Lipinski definition) is 1. The molecule has 3 atom stereocenters. The van der Waals surface area contributed by atoms with Crippen LogP contribution in [0.2, 0.25) is 0 Å². The zero-order valence-corrected chi connectivity index (χ0v) is 10.3. The summed E-state index contributed by atoms with van der Waals surface area (Å²) in [7, 11) is 0. The summed E-state index contributed by atoms with van der Waals surface area (Å²) in [5.41, 5.74) is 0. The first-order valence-corrected chi connectivity index (χ1v) is 6.47. The average molecular weight is 250 g/mol. The predicted molar refractivity (Wildman–Crippen MR) is 60.8 cm³/mol. The molecule has 2 heterocycles. The van der Waals surface area contributed by atoms with Gasteiger partial charge in [0.15, 0.2) is 0 Å². The van der Waals surface area contributed by atoms with E-state index in [1.807, 2.05) is 0 Å². The summed E-state index contributed by atoms with van der Waals surface area (Å²) < 4.78 is 36.1. The smallest absolute Gasteiger partial charge is 0.316 e. The number of halogens is 3. The topological polar surface area (TPSA) is 15.3 Å². The number of fused-ring (bicyclic) bond motifs is 1. The van der Waals surface area contributed by atoms with Crippen LogP contribution in [0.5, 0.6) is 0 Å². The minimum atomic E-state index is -3.99. The minimum absolute atomic E-state index is 0.259. The number of nitrogens with one attached hydrogen (secondary N) is 1. The average Bonchev–Trinajstić information content (AvgIpc) is 2.73. The van der Waals surface area contributed by atoms with Gasteiger partial charge in [-0.05, 0) is 44.7 Å². The van der Waals surface area contributed by atoms with E-state index in [1.165, 1.54) is 0 Å². The molecular weight excluding hydrogens is 229 g/mol. The van der Waals surface area contributed by atoms with E-state index >= 15 is 0 Å². The maximum absolute atomic E-state index is 12.0. The normalized spacial score (nSPS) is 31.8.